The van der Waals surface area contributed by atoms with E-state index in [1.807, 2.05) is 12.1 Å². The average molecular weight is 347 g/mol. The number of nitrogens with zero attached hydrogens (tertiary/aromatic N) is 1. The highest BCUT2D eigenvalue weighted by Gasteiger charge is 2.20. The van der Waals surface area contributed by atoms with Gasteiger partial charge >= 0.3 is 5.97 Å². The van der Waals surface area contributed by atoms with E-state index in [0.717, 1.165) is 6.61 Å². The number of piperidine rings is 1. The number of carbonyl (C=O) groups excluding carboxylic acids is 1. The molecule has 0 aliphatic carbocycles. The summed E-state index contributed by atoms with van der Waals surface area (Å²) < 4.78 is 9.84. The Morgan fingerprint density at radius 2 is 1.64 bits per heavy atom. The fourth-order valence-corrected chi connectivity index (χ4v) is 3.61. The zero-order valence-corrected chi connectivity index (χ0v) is 15.8. The van der Waals surface area contributed by atoms with Crippen molar-refractivity contribution in [2.45, 2.75) is 50.9 Å². The second-order valence-electron chi connectivity index (χ2n) is 6.99. The minimum Gasteiger partial charge on any atom is -0.465 e. The molecule has 0 radical (unpaired) electrons. The van der Waals surface area contributed by atoms with Gasteiger partial charge in [0.25, 0.3) is 0 Å². The molecular formula is C21H33NO3. The van der Waals surface area contributed by atoms with Crippen LogP contribution in [0.3, 0.4) is 0 Å². The van der Waals surface area contributed by atoms with E-state index < -0.39 is 0 Å². The van der Waals surface area contributed by atoms with Gasteiger partial charge in [-0.2, -0.15) is 0 Å². The van der Waals surface area contributed by atoms with Crippen LogP contribution in [0.1, 0.15) is 66.8 Å². The van der Waals surface area contributed by atoms with Crippen LogP contribution in [0, 0.1) is 0 Å². The smallest absolute Gasteiger partial charge is 0.337 e. The van der Waals surface area contributed by atoms with Crippen LogP contribution < -0.4 is 0 Å². The third-order valence-electron chi connectivity index (χ3n) is 5.21. The second kappa shape index (κ2) is 11.3. The summed E-state index contributed by atoms with van der Waals surface area (Å²) in [5, 5.41) is 0. The third-order valence-corrected chi connectivity index (χ3v) is 5.21. The highest BCUT2D eigenvalue weighted by atomic mass is 16.5. The summed E-state index contributed by atoms with van der Waals surface area (Å²) in [5.74, 6) is 0.362. The van der Waals surface area contributed by atoms with E-state index >= 15 is 0 Å². The molecule has 140 valence electrons. The van der Waals surface area contributed by atoms with Crippen LogP contribution >= 0.6 is 0 Å². The van der Waals surface area contributed by atoms with Crippen molar-refractivity contribution in [3.8, 4) is 0 Å². The molecule has 0 aromatic heterocycles. The van der Waals surface area contributed by atoms with Crippen LogP contribution in [0.25, 0.3) is 0 Å². The van der Waals surface area contributed by atoms with Crippen molar-refractivity contribution in [3.63, 3.8) is 0 Å². The fourth-order valence-electron chi connectivity index (χ4n) is 3.61. The second-order valence-corrected chi connectivity index (χ2v) is 6.99. The van der Waals surface area contributed by atoms with Crippen molar-refractivity contribution in [2.24, 2.45) is 0 Å². The van der Waals surface area contributed by atoms with Gasteiger partial charge in [-0.05, 0) is 68.9 Å². The Hall–Kier alpha value is -1.39. The van der Waals surface area contributed by atoms with E-state index in [-0.39, 0.29) is 5.97 Å². The van der Waals surface area contributed by atoms with Gasteiger partial charge in [0.1, 0.15) is 0 Å². The highest BCUT2D eigenvalue weighted by Crippen LogP contribution is 2.28. The molecule has 0 amide bonds. The van der Waals surface area contributed by atoms with E-state index in [1.54, 1.807) is 7.11 Å². The Labute approximate surface area is 152 Å². The summed E-state index contributed by atoms with van der Waals surface area (Å²) >= 11 is 0. The molecule has 4 nitrogen and oxygen atoms in total. The third kappa shape index (κ3) is 6.79. The van der Waals surface area contributed by atoms with Crippen molar-refractivity contribution in [1.29, 1.82) is 0 Å². The predicted octanol–water partition coefficient (Wildman–Crippen LogP) is 4.25. The number of likely N-dealkylation sites (tertiary alicyclic amines) is 1. The number of esters is 1. The molecule has 1 aliphatic rings. The van der Waals surface area contributed by atoms with Crippen LogP contribution in [0.5, 0.6) is 0 Å². The Balaban J connectivity index is 1.63. The molecule has 0 unspecified atom stereocenters. The number of unbranched alkanes of at least 4 members (excludes halogenated alkanes) is 4. The number of hydrogen-bond donors (Lipinski definition) is 0. The molecule has 1 aliphatic heterocycles. The van der Waals surface area contributed by atoms with Crippen LogP contribution in [0.4, 0.5) is 0 Å². The standard InChI is InChI=1S/C21H33NO3/c1-24-17-7-5-3-4-6-14-22-15-12-19(13-16-22)18-8-10-20(11-9-18)21(23)25-2/h8-11,19H,3-7,12-17H2,1-2H3. The Morgan fingerprint density at radius 3 is 2.28 bits per heavy atom. The van der Waals surface area contributed by atoms with E-state index in [2.05, 4.69) is 17.0 Å². The van der Waals surface area contributed by atoms with Gasteiger partial charge < -0.3 is 14.4 Å². The summed E-state index contributed by atoms with van der Waals surface area (Å²) in [6, 6.07) is 7.95. The van der Waals surface area contributed by atoms with Crippen LogP contribution in [-0.2, 0) is 9.47 Å². The monoisotopic (exact) mass is 347 g/mol. The zero-order chi connectivity index (χ0) is 17.9. The van der Waals surface area contributed by atoms with E-state index in [9.17, 15) is 4.79 Å². The summed E-state index contributed by atoms with van der Waals surface area (Å²) in [7, 11) is 3.20. The normalized spacial score (nSPS) is 16.1. The first-order valence-electron chi connectivity index (χ1n) is 9.64. The molecule has 1 heterocycles. The topological polar surface area (TPSA) is 38.8 Å². The van der Waals surface area contributed by atoms with Crippen LogP contribution in [0.2, 0.25) is 0 Å². The lowest BCUT2D eigenvalue weighted by Crippen LogP contribution is -2.33. The van der Waals surface area contributed by atoms with Crippen molar-refractivity contribution < 1.29 is 14.3 Å². The zero-order valence-electron chi connectivity index (χ0n) is 15.8. The lowest BCUT2D eigenvalue weighted by Gasteiger charge is -2.32. The van der Waals surface area contributed by atoms with Gasteiger partial charge in [0.05, 0.1) is 12.7 Å². The van der Waals surface area contributed by atoms with Crippen LogP contribution in [0.15, 0.2) is 24.3 Å². The molecule has 0 N–H and O–H groups in total. The number of rotatable bonds is 10. The summed E-state index contributed by atoms with van der Waals surface area (Å²) in [4.78, 5) is 14.1. The molecular weight excluding hydrogens is 314 g/mol. The molecule has 0 saturated carbocycles. The average Bonchev–Trinajstić information content (AvgIpc) is 2.67. The van der Waals surface area contributed by atoms with Gasteiger partial charge in [-0.1, -0.05) is 31.4 Å². The van der Waals surface area contributed by atoms with Gasteiger partial charge in [0, 0.05) is 13.7 Å². The molecule has 2 rings (SSSR count). The van der Waals surface area contributed by atoms with Gasteiger partial charge in [0.15, 0.2) is 0 Å². The number of benzene rings is 1. The maximum absolute atomic E-state index is 11.5. The first-order chi connectivity index (χ1) is 12.2. The minimum absolute atomic E-state index is 0.261. The van der Waals surface area contributed by atoms with Gasteiger partial charge in [-0.25, -0.2) is 4.79 Å². The Bertz CT molecular complexity index is 492. The van der Waals surface area contributed by atoms with Crippen molar-refractivity contribution >= 4 is 5.97 Å². The number of ether oxygens (including phenoxy) is 2. The first kappa shape index (κ1) is 19.9. The Kier molecular flexibility index (Phi) is 8.98. The summed E-state index contributed by atoms with van der Waals surface area (Å²) in [6.45, 7) is 4.51. The van der Waals surface area contributed by atoms with Gasteiger partial charge in [-0.3, -0.25) is 0 Å². The fraction of sp³-hybridized carbons (Fsp3) is 0.667. The minimum atomic E-state index is -0.261. The molecule has 1 saturated heterocycles. The van der Waals surface area contributed by atoms with Crippen molar-refractivity contribution in [3.05, 3.63) is 35.4 Å². The maximum Gasteiger partial charge on any atom is 0.337 e. The molecule has 4 heteroatoms. The van der Waals surface area contributed by atoms with E-state index in [4.69, 9.17) is 9.47 Å². The van der Waals surface area contributed by atoms with Crippen molar-refractivity contribution in [2.75, 3.05) is 40.5 Å². The highest BCUT2D eigenvalue weighted by molar-refractivity contribution is 5.89. The molecule has 0 bridgehead atoms. The molecule has 1 fully saturated rings. The molecule has 0 atom stereocenters. The lowest BCUT2D eigenvalue weighted by atomic mass is 9.89. The van der Waals surface area contributed by atoms with Gasteiger partial charge in [0.2, 0.25) is 0 Å². The van der Waals surface area contributed by atoms with Gasteiger partial charge in [-0.15, -0.1) is 0 Å². The molecule has 1 aromatic rings. The van der Waals surface area contributed by atoms with Crippen LogP contribution in [-0.4, -0.2) is 51.3 Å². The summed E-state index contributed by atoms with van der Waals surface area (Å²) in [6.07, 6.45) is 8.88. The maximum atomic E-state index is 11.5. The number of methoxy groups -OCH3 is 2. The number of carbonyl (C=O) groups is 1. The first-order valence-corrected chi connectivity index (χ1v) is 9.64. The largest absolute Gasteiger partial charge is 0.465 e. The lowest BCUT2D eigenvalue weighted by molar-refractivity contribution is 0.0600. The van der Waals surface area contributed by atoms with E-state index in [0.29, 0.717) is 11.5 Å². The van der Waals surface area contributed by atoms with E-state index in [1.165, 1.54) is 77.3 Å². The molecule has 25 heavy (non-hydrogen) atoms. The molecule has 1 aromatic carbocycles. The number of hydrogen-bond acceptors (Lipinski definition) is 4. The van der Waals surface area contributed by atoms with Crippen molar-refractivity contribution in [1.82, 2.24) is 4.90 Å². The Morgan fingerprint density at radius 1 is 1.00 bits per heavy atom. The predicted molar refractivity (Wildman–Crippen MR) is 101 cm³/mol. The molecule has 0 spiro atoms. The SMILES string of the molecule is COCCCCCCCN1CCC(c2ccc(C(=O)OC)cc2)CC1. The quantitative estimate of drug-likeness (QED) is 0.468. The summed E-state index contributed by atoms with van der Waals surface area (Å²) in [5.41, 5.74) is 1.99.